The van der Waals surface area contributed by atoms with Crippen LogP contribution in [0.15, 0.2) is 10.2 Å². The molecule has 0 aromatic heterocycles. The lowest BCUT2D eigenvalue weighted by molar-refractivity contribution is -0.122. The lowest BCUT2D eigenvalue weighted by Crippen LogP contribution is -2.18. The van der Waals surface area contributed by atoms with E-state index in [1.54, 1.807) is 0 Å². The molecule has 0 bridgehead atoms. The van der Waals surface area contributed by atoms with E-state index in [0.717, 1.165) is 62.8 Å². The Bertz CT molecular complexity index is 417. The molecule has 0 heterocycles. The van der Waals surface area contributed by atoms with E-state index in [-0.39, 0.29) is 11.8 Å². The molecule has 0 fully saturated rings. The van der Waals surface area contributed by atoms with Crippen molar-refractivity contribution >= 4 is 23.2 Å². The quantitative estimate of drug-likeness (QED) is 0.250. The average Bonchev–Trinajstić information content (AvgIpc) is 2.65. The molecule has 150 valence electrons. The molecular formula is C20H38N4O2. The summed E-state index contributed by atoms with van der Waals surface area (Å²) in [4.78, 5) is 23.1. The summed E-state index contributed by atoms with van der Waals surface area (Å²) in [5, 5.41) is 8.04. The van der Waals surface area contributed by atoms with Crippen molar-refractivity contribution in [1.82, 2.24) is 10.9 Å². The summed E-state index contributed by atoms with van der Waals surface area (Å²) in [7, 11) is 0. The third kappa shape index (κ3) is 15.8. The highest BCUT2D eigenvalue weighted by atomic mass is 16.2. The molecule has 0 unspecified atom stereocenters. The van der Waals surface area contributed by atoms with Crippen LogP contribution >= 0.6 is 0 Å². The van der Waals surface area contributed by atoms with E-state index in [4.69, 9.17) is 0 Å². The van der Waals surface area contributed by atoms with Gasteiger partial charge in [0.05, 0.1) is 0 Å². The number of rotatable bonds is 15. The number of hydrogen-bond donors (Lipinski definition) is 2. The van der Waals surface area contributed by atoms with Gasteiger partial charge in [0, 0.05) is 24.3 Å². The molecule has 0 rings (SSSR count). The maximum absolute atomic E-state index is 11.6. The van der Waals surface area contributed by atoms with Gasteiger partial charge in [-0.05, 0) is 39.5 Å². The number of amides is 2. The molecule has 0 aliphatic heterocycles. The molecule has 0 aromatic carbocycles. The summed E-state index contributed by atoms with van der Waals surface area (Å²) in [6, 6.07) is 0. The van der Waals surface area contributed by atoms with Crippen molar-refractivity contribution in [3.63, 3.8) is 0 Å². The summed E-state index contributed by atoms with van der Waals surface area (Å²) in [5.41, 5.74) is 7.08. The van der Waals surface area contributed by atoms with Crippen LogP contribution in [-0.2, 0) is 9.59 Å². The molecule has 0 saturated carbocycles. The second-order valence-electron chi connectivity index (χ2n) is 6.80. The molecule has 0 aliphatic rings. The maximum Gasteiger partial charge on any atom is 0.240 e. The molecule has 26 heavy (non-hydrogen) atoms. The molecule has 0 spiro atoms. The highest BCUT2D eigenvalue weighted by Gasteiger charge is 2.01. The zero-order chi connectivity index (χ0) is 19.6. The average molecular weight is 367 g/mol. The molecule has 0 saturated heterocycles. The number of unbranched alkanes of at least 4 members (excludes halogenated alkanes) is 7. The van der Waals surface area contributed by atoms with E-state index < -0.39 is 0 Å². The van der Waals surface area contributed by atoms with Gasteiger partial charge >= 0.3 is 0 Å². The third-order valence-corrected chi connectivity index (χ3v) is 4.32. The van der Waals surface area contributed by atoms with Gasteiger partial charge in [-0.2, -0.15) is 10.2 Å². The summed E-state index contributed by atoms with van der Waals surface area (Å²) in [6.07, 6.45) is 11.5. The first-order valence-electron chi connectivity index (χ1n) is 10.1. The minimum Gasteiger partial charge on any atom is -0.273 e. The molecule has 0 aromatic rings. The number of nitrogens with one attached hydrogen (secondary N) is 2. The van der Waals surface area contributed by atoms with Crippen molar-refractivity contribution in [3.05, 3.63) is 0 Å². The van der Waals surface area contributed by atoms with Gasteiger partial charge in [-0.15, -0.1) is 0 Å². The lowest BCUT2D eigenvalue weighted by atomic mass is 10.1. The van der Waals surface area contributed by atoms with Crippen LogP contribution in [-0.4, -0.2) is 23.2 Å². The number of hydrogen-bond acceptors (Lipinski definition) is 4. The van der Waals surface area contributed by atoms with Crippen LogP contribution in [0.3, 0.4) is 0 Å². The van der Waals surface area contributed by atoms with Crippen LogP contribution in [0.4, 0.5) is 0 Å². The van der Waals surface area contributed by atoms with Gasteiger partial charge in [0.1, 0.15) is 0 Å². The highest BCUT2D eigenvalue weighted by Crippen LogP contribution is 2.10. The molecule has 0 radical (unpaired) electrons. The van der Waals surface area contributed by atoms with Crippen LogP contribution in [0.2, 0.25) is 0 Å². The SMILES string of the molecule is CCC(C)=NNC(=O)CCCCCCCCCCC(=O)NN=C(C)CC. The van der Waals surface area contributed by atoms with Crippen molar-refractivity contribution in [3.8, 4) is 0 Å². The Kier molecular flexibility index (Phi) is 15.6. The third-order valence-electron chi connectivity index (χ3n) is 4.32. The number of carbonyl (C=O) groups excluding carboxylic acids is 2. The van der Waals surface area contributed by atoms with Gasteiger partial charge in [-0.3, -0.25) is 9.59 Å². The molecule has 2 N–H and O–H groups in total. The zero-order valence-corrected chi connectivity index (χ0v) is 17.2. The van der Waals surface area contributed by atoms with Crippen LogP contribution in [0.5, 0.6) is 0 Å². The number of nitrogens with zero attached hydrogens (tertiary/aromatic N) is 2. The first kappa shape index (κ1) is 24.3. The Morgan fingerprint density at radius 1 is 0.615 bits per heavy atom. The Labute approximate surface area is 159 Å². The summed E-state index contributed by atoms with van der Waals surface area (Å²) < 4.78 is 0. The van der Waals surface area contributed by atoms with Crippen molar-refractivity contribution in [2.24, 2.45) is 10.2 Å². The normalized spacial score (nSPS) is 12.2. The number of carbonyl (C=O) groups is 2. The predicted molar refractivity (Wildman–Crippen MR) is 109 cm³/mol. The molecule has 6 heteroatoms. The van der Waals surface area contributed by atoms with Crippen molar-refractivity contribution in [2.75, 3.05) is 0 Å². The van der Waals surface area contributed by atoms with E-state index in [9.17, 15) is 9.59 Å². The first-order chi connectivity index (χ1) is 12.5. The minimum atomic E-state index is 0.00883. The monoisotopic (exact) mass is 366 g/mol. The fourth-order valence-corrected chi connectivity index (χ4v) is 2.22. The van der Waals surface area contributed by atoms with Gasteiger partial charge in [-0.25, -0.2) is 10.9 Å². The van der Waals surface area contributed by atoms with Gasteiger partial charge in [0.2, 0.25) is 11.8 Å². The van der Waals surface area contributed by atoms with Crippen LogP contribution in [0, 0.1) is 0 Å². The molecular weight excluding hydrogens is 328 g/mol. The van der Waals surface area contributed by atoms with Crippen molar-refractivity contribution < 1.29 is 9.59 Å². The Morgan fingerprint density at radius 2 is 0.923 bits per heavy atom. The Hall–Kier alpha value is -1.72. The van der Waals surface area contributed by atoms with E-state index in [1.807, 2.05) is 27.7 Å². The molecule has 0 aliphatic carbocycles. The lowest BCUT2D eigenvalue weighted by Gasteiger charge is -2.03. The summed E-state index contributed by atoms with van der Waals surface area (Å²) in [6.45, 7) is 7.85. The van der Waals surface area contributed by atoms with Gasteiger partial charge < -0.3 is 0 Å². The zero-order valence-electron chi connectivity index (χ0n) is 17.2. The molecule has 6 nitrogen and oxygen atoms in total. The smallest absolute Gasteiger partial charge is 0.240 e. The Balaban J connectivity index is 3.41. The fourth-order valence-electron chi connectivity index (χ4n) is 2.22. The summed E-state index contributed by atoms with van der Waals surface area (Å²) in [5.74, 6) is 0.0177. The maximum atomic E-state index is 11.6. The van der Waals surface area contributed by atoms with E-state index >= 15 is 0 Å². The second-order valence-corrected chi connectivity index (χ2v) is 6.80. The second kappa shape index (κ2) is 16.7. The van der Waals surface area contributed by atoms with Gasteiger partial charge in [-0.1, -0.05) is 52.4 Å². The Morgan fingerprint density at radius 3 is 1.23 bits per heavy atom. The topological polar surface area (TPSA) is 82.9 Å². The standard InChI is InChI=1S/C20H38N4O2/c1-5-17(3)21-23-19(25)15-13-11-9-7-8-10-12-14-16-20(26)24-22-18(4)6-2/h5-16H2,1-4H3,(H,23,25)(H,24,26). The van der Waals surface area contributed by atoms with Crippen molar-refractivity contribution in [1.29, 1.82) is 0 Å². The fraction of sp³-hybridized carbons (Fsp3) is 0.800. The molecule has 2 amide bonds. The van der Waals surface area contributed by atoms with Gasteiger partial charge in [0.15, 0.2) is 0 Å². The van der Waals surface area contributed by atoms with E-state index in [1.165, 1.54) is 12.8 Å². The van der Waals surface area contributed by atoms with E-state index in [0.29, 0.717) is 12.8 Å². The first-order valence-corrected chi connectivity index (χ1v) is 10.1. The van der Waals surface area contributed by atoms with Crippen LogP contribution in [0.1, 0.15) is 105 Å². The highest BCUT2D eigenvalue weighted by molar-refractivity contribution is 5.84. The van der Waals surface area contributed by atoms with Crippen LogP contribution in [0.25, 0.3) is 0 Å². The van der Waals surface area contributed by atoms with Crippen molar-refractivity contribution in [2.45, 2.75) is 105 Å². The molecule has 0 atom stereocenters. The van der Waals surface area contributed by atoms with Gasteiger partial charge in [0.25, 0.3) is 0 Å². The van der Waals surface area contributed by atoms with E-state index in [2.05, 4.69) is 21.1 Å². The summed E-state index contributed by atoms with van der Waals surface area (Å²) >= 11 is 0. The number of hydrazone groups is 2. The largest absolute Gasteiger partial charge is 0.273 e. The van der Waals surface area contributed by atoms with Crippen LogP contribution < -0.4 is 10.9 Å². The predicted octanol–water partition coefficient (Wildman–Crippen LogP) is 4.69. The minimum absolute atomic E-state index is 0.00883.